The van der Waals surface area contributed by atoms with Gasteiger partial charge in [-0.15, -0.1) is 24.0 Å². The van der Waals surface area contributed by atoms with E-state index in [1.165, 1.54) is 5.56 Å². The van der Waals surface area contributed by atoms with Crippen molar-refractivity contribution in [3.8, 4) is 0 Å². The van der Waals surface area contributed by atoms with Crippen LogP contribution in [-0.4, -0.2) is 38.6 Å². The number of hydrogen-bond acceptors (Lipinski definition) is 3. The van der Waals surface area contributed by atoms with Gasteiger partial charge in [0.2, 0.25) is 0 Å². The first-order valence-electron chi connectivity index (χ1n) is 7.09. The lowest BCUT2D eigenvalue weighted by atomic mass is 10.1. The standard InChI is InChI=1S/C15H27N5.HI/c1-12(2)6-8-18-15(16-3)19-11-13-7-9-17-14(10-13)20(4)5;/h7,9-10,12H,6,8,11H2,1-5H3,(H2,16,18,19);1H. The SMILES string of the molecule is CN=C(NCCC(C)C)NCc1ccnc(N(C)C)c1.I. The Labute approximate surface area is 145 Å². The fraction of sp³-hybridized carbons (Fsp3) is 0.600. The molecule has 0 aliphatic carbocycles. The number of aromatic nitrogens is 1. The molecule has 0 aliphatic rings. The van der Waals surface area contributed by atoms with E-state index in [4.69, 9.17) is 0 Å². The average Bonchev–Trinajstić information content (AvgIpc) is 2.42. The second kappa shape index (κ2) is 10.6. The normalized spacial score (nSPS) is 11.0. The molecule has 1 rings (SSSR count). The molecule has 21 heavy (non-hydrogen) atoms. The van der Waals surface area contributed by atoms with Crippen LogP contribution in [0.4, 0.5) is 5.82 Å². The molecule has 0 amide bonds. The van der Waals surface area contributed by atoms with Gasteiger partial charge in [0, 0.05) is 40.4 Å². The Bertz CT molecular complexity index is 432. The third kappa shape index (κ3) is 8.08. The van der Waals surface area contributed by atoms with Crippen LogP contribution in [0.5, 0.6) is 0 Å². The second-order valence-corrected chi connectivity index (χ2v) is 5.45. The fourth-order valence-corrected chi connectivity index (χ4v) is 1.70. The number of aliphatic imine (C=N–C) groups is 1. The molecule has 2 N–H and O–H groups in total. The molecular formula is C15H28IN5. The second-order valence-electron chi connectivity index (χ2n) is 5.45. The summed E-state index contributed by atoms with van der Waals surface area (Å²) in [6, 6.07) is 4.09. The highest BCUT2D eigenvalue weighted by Crippen LogP contribution is 2.09. The zero-order chi connectivity index (χ0) is 15.0. The molecule has 6 heteroatoms. The van der Waals surface area contributed by atoms with Crippen molar-refractivity contribution >= 4 is 35.8 Å². The third-order valence-corrected chi connectivity index (χ3v) is 2.97. The summed E-state index contributed by atoms with van der Waals surface area (Å²) >= 11 is 0. The highest BCUT2D eigenvalue weighted by molar-refractivity contribution is 14.0. The first-order valence-corrected chi connectivity index (χ1v) is 7.09. The monoisotopic (exact) mass is 405 g/mol. The van der Waals surface area contributed by atoms with Gasteiger partial charge in [0.1, 0.15) is 5.82 Å². The summed E-state index contributed by atoms with van der Waals surface area (Å²) < 4.78 is 0. The molecule has 0 saturated heterocycles. The number of halogens is 1. The van der Waals surface area contributed by atoms with E-state index < -0.39 is 0 Å². The number of anilines is 1. The summed E-state index contributed by atoms with van der Waals surface area (Å²) in [6.45, 7) is 6.12. The van der Waals surface area contributed by atoms with Crippen LogP contribution in [0.15, 0.2) is 23.3 Å². The van der Waals surface area contributed by atoms with Crippen LogP contribution in [0.1, 0.15) is 25.8 Å². The van der Waals surface area contributed by atoms with Gasteiger partial charge in [0.25, 0.3) is 0 Å². The van der Waals surface area contributed by atoms with Gasteiger partial charge in [-0.2, -0.15) is 0 Å². The topological polar surface area (TPSA) is 52.6 Å². The van der Waals surface area contributed by atoms with E-state index in [-0.39, 0.29) is 24.0 Å². The Kier molecular flexibility index (Phi) is 10.1. The number of nitrogens with zero attached hydrogens (tertiary/aromatic N) is 3. The zero-order valence-electron chi connectivity index (χ0n) is 13.7. The van der Waals surface area contributed by atoms with Crippen molar-refractivity contribution in [2.45, 2.75) is 26.8 Å². The van der Waals surface area contributed by atoms with Gasteiger partial charge in [0.15, 0.2) is 5.96 Å². The zero-order valence-corrected chi connectivity index (χ0v) is 16.0. The fourth-order valence-electron chi connectivity index (χ4n) is 1.70. The minimum absolute atomic E-state index is 0. The molecule has 0 saturated carbocycles. The Balaban J connectivity index is 0.00000400. The maximum Gasteiger partial charge on any atom is 0.191 e. The largest absolute Gasteiger partial charge is 0.363 e. The van der Waals surface area contributed by atoms with Gasteiger partial charge in [-0.05, 0) is 30.0 Å². The Hall–Kier alpha value is -1.05. The molecule has 0 bridgehead atoms. The molecule has 120 valence electrons. The quantitative estimate of drug-likeness (QED) is 0.434. The number of pyridine rings is 1. The van der Waals surface area contributed by atoms with Crippen molar-refractivity contribution in [3.05, 3.63) is 23.9 Å². The summed E-state index contributed by atoms with van der Waals surface area (Å²) in [5, 5.41) is 6.64. The van der Waals surface area contributed by atoms with E-state index in [2.05, 4.69) is 40.5 Å². The van der Waals surface area contributed by atoms with E-state index in [0.717, 1.165) is 31.3 Å². The van der Waals surface area contributed by atoms with Crippen LogP contribution in [0.3, 0.4) is 0 Å². The summed E-state index contributed by atoms with van der Waals surface area (Å²) in [4.78, 5) is 10.5. The number of rotatable bonds is 6. The Morgan fingerprint density at radius 3 is 2.62 bits per heavy atom. The molecule has 0 fully saturated rings. The molecule has 1 aromatic rings. The lowest BCUT2D eigenvalue weighted by Crippen LogP contribution is -2.37. The van der Waals surface area contributed by atoms with Gasteiger partial charge in [-0.25, -0.2) is 4.98 Å². The van der Waals surface area contributed by atoms with Crippen LogP contribution in [0.2, 0.25) is 0 Å². The molecule has 0 unspecified atom stereocenters. The van der Waals surface area contributed by atoms with Crippen molar-refractivity contribution in [1.29, 1.82) is 0 Å². The van der Waals surface area contributed by atoms with Gasteiger partial charge in [-0.1, -0.05) is 13.8 Å². The van der Waals surface area contributed by atoms with E-state index in [9.17, 15) is 0 Å². The van der Waals surface area contributed by atoms with Crippen molar-refractivity contribution in [2.24, 2.45) is 10.9 Å². The summed E-state index contributed by atoms with van der Waals surface area (Å²) in [7, 11) is 5.78. The van der Waals surface area contributed by atoms with Crippen molar-refractivity contribution < 1.29 is 0 Å². The van der Waals surface area contributed by atoms with Crippen molar-refractivity contribution in [2.75, 3.05) is 32.6 Å². The summed E-state index contributed by atoms with van der Waals surface area (Å²) in [5.74, 6) is 2.50. The van der Waals surface area contributed by atoms with Crippen LogP contribution in [-0.2, 0) is 6.54 Å². The number of nitrogens with one attached hydrogen (secondary N) is 2. The summed E-state index contributed by atoms with van der Waals surface area (Å²) in [5.41, 5.74) is 1.19. The molecular weight excluding hydrogens is 377 g/mol. The minimum atomic E-state index is 0. The van der Waals surface area contributed by atoms with Crippen LogP contribution in [0, 0.1) is 5.92 Å². The summed E-state index contributed by atoms with van der Waals surface area (Å²) in [6.07, 6.45) is 2.97. The van der Waals surface area contributed by atoms with Crippen LogP contribution in [0.25, 0.3) is 0 Å². The van der Waals surface area contributed by atoms with E-state index in [1.54, 1.807) is 7.05 Å². The minimum Gasteiger partial charge on any atom is -0.363 e. The van der Waals surface area contributed by atoms with Crippen molar-refractivity contribution in [3.63, 3.8) is 0 Å². The number of hydrogen-bond donors (Lipinski definition) is 2. The van der Waals surface area contributed by atoms with Crippen molar-refractivity contribution in [1.82, 2.24) is 15.6 Å². The number of guanidine groups is 1. The third-order valence-electron chi connectivity index (χ3n) is 2.97. The highest BCUT2D eigenvalue weighted by Gasteiger charge is 2.02. The van der Waals surface area contributed by atoms with Crippen LogP contribution >= 0.6 is 24.0 Å². The Morgan fingerprint density at radius 1 is 1.33 bits per heavy atom. The first-order chi connectivity index (χ1) is 9.52. The smallest absolute Gasteiger partial charge is 0.191 e. The van der Waals surface area contributed by atoms with Gasteiger partial charge in [-0.3, -0.25) is 4.99 Å². The van der Waals surface area contributed by atoms with Crippen LogP contribution < -0.4 is 15.5 Å². The highest BCUT2D eigenvalue weighted by atomic mass is 127. The predicted octanol–water partition coefficient (Wildman–Crippen LogP) is 2.48. The molecule has 0 radical (unpaired) electrons. The molecule has 5 nitrogen and oxygen atoms in total. The lowest BCUT2D eigenvalue weighted by Gasteiger charge is -2.15. The maximum absolute atomic E-state index is 4.31. The molecule has 1 heterocycles. The maximum atomic E-state index is 4.31. The lowest BCUT2D eigenvalue weighted by molar-refractivity contribution is 0.573. The van der Waals surface area contributed by atoms with Gasteiger partial charge < -0.3 is 15.5 Å². The van der Waals surface area contributed by atoms with E-state index in [1.807, 2.05) is 31.3 Å². The van der Waals surface area contributed by atoms with Gasteiger partial charge in [0.05, 0.1) is 0 Å². The van der Waals surface area contributed by atoms with E-state index >= 15 is 0 Å². The molecule has 0 spiro atoms. The molecule has 0 aromatic carbocycles. The first kappa shape index (κ1) is 19.9. The molecule has 0 atom stereocenters. The average molecular weight is 405 g/mol. The Morgan fingerprint density at radius 2 is 2.05 bits per heavy atom. The molecule has 0 aliphatic heterocycles. The van der Waals surface area contributed by atoms with Gasteiger partial charge >= 0.3 is 0 Å². The molecule has 1 aromatic heterocycles. The van der Waals surface area contributed by atoms with E-state index in [0.29, 0.717) is 5.92 Å². The predicted molar refractivity (Wildman–Crippen MR) is 102 cm³/mol.